The van der Waals surface area contributed by atoms with Crippen molar-refractivity contribution in [1.29, 1.82) is 0 Å². The van der Waals surface area contributed by atoms with Gasteiger partial charge in [0.1, 0.15) is 23.0 Å². The Balaban J connectivity index is 0.000000181. The first-order valence-corrected chi connectivity index (χ1v) is 16.5. The molecule has 0 radical (unpaired) electrons. The predicted octanol–water partition coefficient (Wildman–Crippen LogP) is 4.17. The van der Waals surface area contributed by atoms with E-state index in [1.807, 2.05) is 54.9 Å². The molecule has 7 N–H and O–H groups in total. The summed E-state index contributed by atoms with van der Waals surface area (Å²) in [6, 6.07) is 4.50. The maximum absolute atomic E-state index is 11.5. The normalized spacial score (nSPS) is 15.2. The van der Waals surface area contributed by atoms with Crippen LogP contribution in [-0.4, -0.2) is 62.6 Å². The number of carbonyl (C=O) groups is 2. The summed E-state index contributed by atoms with van der Waals surface area (Å²) < 4.78 is 5.49. The van der Waals surface area contributed by atoms with Crippen molar-refractivity contribution in [3.8, 4) is 0 Å². The highest BCUT2D eigenvalue weighted by atomic mass is 16.2. The lowest BCUT2D eigenvalue weighted by Gasteiger charge is -2.31. The average Bonchev–Trinajstić information content (AvgIpc) is 3.66. The second kappa shape index (κ2) is 16.6. The van der Waals surface area contributed by atoms with Crippen LogP contribution in [0.4, 0.5) is 17.3 Å². The minimum atomic E-state index is -0.292. The number of nitrogens with zero attached hydrogens (tertiary/aromatic N) is 8. The summed E-state index contributed by atoms with van der Waals surface area (Å²) in [6.45, 7) is 23.7. The van der Waals surface area contributed by atoms with Crippen LogP contribution in [0, 0.1) is 0 Å². The molecule has 6 rings (SSSR count). The van der Waals surface area contributed by atoms with Crippen molar-refractivity contribution in [2.45, 2.75) is 99.6 Å². The van der Waals surface area contributed by atoms with E-state index in [2.05, 4.69) is 70.2 Å². The highest BCUT2D eigenvalue weighted by molar-refractivity contribution is 5.99. The molecule has 1 unspecified atom stereocenters. The number of rotatable bonds is 4. The van der Waals surface area contributed by atoms with E-state index >= 15 is 0 Å². The zero-order valence-corrected chi connectivity index (χ0v) is 30.6. The fourth-order valence-electron chi connectivity index (χ4n) is 4.82. The van der Waals surface area contributed by atoms with Crippen LogP contribution in [0.15, 0.2) is 66.1 Å². The molecule has 0 bridgehead atoms. The quantitative estimate of drug-likeness (QED) is 0.205. The summed E-state index contributed by atoms with van der Waals surface area (Å²) in [5, 5.41) is 8.64. The third-order valence-electron chi connectivity index (χ3n) is 7.54. The summed E-state index contributed by atoms with van der Waals surface area (Å²) in [5.74, 6) is 1.58. The van der Waals surface area contributed by atoms with Crippen LogP contribution < -0.4 is 33.1 Å². The van der Waals surface area contributed by atoms with E-state index in [1.54, 1.807) is 44.1 Å². The number of carbonyl (C=O) groups excluding carboxylic acids is 2. The number of aromatic nitrogens is 7. The van der Waals surface area contributed by atoms with Crippen molar-refractivity contribution >= 4 is 40.3 Å². The Morgan fingerprint density at radius 2 is 1.42 bits per heavy atom. The predicted molar refractivity (Wildman–Crippen MR) is 197 cm³/mol. The van der Waals surface area contributed by atoms with Crippen LogP contribution in [0.5, 0.6) is 0 Å². The summed E-state index contributed by atoms with van der Waals surface area (Å²) in [4.78, 5) is 51.7. The van der Waals surface area contributed by atoms with Gasteiger partial charge in [-0.3, -0.25) is 14.2 Å². The zero-order valence-electron chi connectivity index (χ0n) is 30.6. The van der Waals surface area contributed by atoms with Gasteiger partial charge in [-0.2, -0.15) is 4.98 Å². The van der Waals surface area contributed by atoms with E-state index in [4.69, 9.17) is 11.5 Å². The molecule has 2 aliphatic heterocycles. The van der Waals surface area contributed by atoms with Crippen molar-refractivity contribution < 1.29 is 9.59 Å². The van der Waals surface area contributed by atoms with Gasteiger partial charge in [0, 0.05) is 48.3 Å². The van der Waals surface area contributed by atoms with Crippen molar-refractivity contribution in [3.05, 3.63) is 77.5 Å². The SMILES string of the molecule is C=C1NC(=O)C(C)=CN1C(C)C.CC(C)n1ccc(N)nc1=O.CC(C)n1cnc2c(N)ccnc21.CC1NC(=O)c2ncn(C(C)C)c2N1. The van der Waals surface area contributed by atoms with E-state index in [0.717, 1.165) is 22.6 Å². The van der Waals surface area contributed by atoms with E-state index < -0.39 is 0 Å². The third-order valence-corrected chi connectivity index (χ3v) is 7.54. The standard InChI is InChI=1S/C9H14N4O.C9H12N4.C9H14N2O.C7H11N3O/c1-5(2)13-4-10-7-8(13)11-6(3)12-9(7)14;1-6(2)13-5-12-8-7(10)3-4-11-9(8)13;1-6(2)11-5-7(3)9(12)10-8(11)4;1-5(2)10-4-3-6(8)9-7(10)11/h4-6,11H,1-3H3,(H,12,14);3-6H,1-2H3,(H2,10,11);5-6H,4H2,1-3H3,(H,10,12);3-5H,1-2H3,(H2,8,9,11). The first-order valence-electron chi connectivity index (χ1n) is 16.5. The lowest BCUT2D eigenvalue weighted by Crippen LogP contribution is -2.43. The summed E-state index contributed by atoms with van der Waals surface area (Å²) in [7, 11) is 0. The molecule has 4 aromatic rings. The monoisotopic (exact) mass is 689 g/mol. The summed E-state index contributed by atoms with van der Waals surface area (Å²) in [5.41, 5.74) is 14.3. The smallest absolute Gasteiger partial charge is 0.349 e. The molecule has 4 aromatic heterocycles. The fourth-order valence-corrected chi connectivity index (χ4v) is 4.82. The van der Waals surface area contributed by atoms with Crippen LogP contribution in [0.1, 0.15) is 97.9 Å². The Labute approximate surface area is 292 Å². The van der Waals surface area contributed by atoms with Crippen molar-refractivity contribution in [3.63, 3.8) is 0 Å². The molecule has 50 heavy (non-hydrogen) atoms. The molecule has 0 fully saturated rings. The molecule has 16 nitrogen and oxygen atoms in total. The van der Waals surface area contributed by atoms with Gasteiger partial charge >= 0.3 is 5.69 Å². The Morgan fingerprint density at radius 3 is 2.00 bits per heavy atom. The van der Waals surface area contributed by atoms with Crippen LogP contribution in [-0.2, 0) is 4.79 Å². The Kier molecular flexibility index (Phi) is 12.9. The number of pyridine rings is 1. The highest BCUT2D eigenvalue weighted by Crippen LogP contribution is 2.23. The van der Waals surface area contributed by atoms with Crippen molar-refractivity contribution in [2.75, 3.05) is 16.8 Å². The number of hydrogen-bond acceptors (Lipinski definition) is 11. The maximum atomic E-state index is 11.5. The van der Waals surface area contributed by atoms with E-state index in [0.29, 0.717) is 35.3 Å². The van der Waals surface area contributed by atoms with Crippen molar-refractivity contribution in [1.82, 2.24) is 49.2 Å². The minimum Gasteiger partial charge on any atom is -0.397 e. The van der Waals surface area contributed by atoms with Gasteiger partial charge < -0.3 is 41.5 Å². The van der Waals surface area contributed by atoms with Gasteiger partial charge in [-0.1, -0.05) is 6.58 Å². The molecule has 0 spiro atoms. The molecule has 2 aliphatic rings. The first-order chi connectivity index (χ1) is 23.4. The van der Waals surface area contributed by atoms with Gasteiger partial charge in [0.2, 0.25) is 0 Å². The lowest BCUT2D eigenvalue weighted by atomic mass is 10.2. The summed E-state index contributed by atoms with van der Waals surface area (Å²) in [6.07, 6.45) is 8.61. The Morgan fingerprint density at radius 1 is 0.800 bits per heavy atom. The number of imidazole rings is 2. The number of nitrogens with two attached hydrogens (primary N) is 2. The number of nitrogen functional groups attached to an aromatic ring is 2. The molecule has 270 valence electrons. The Hall–Kier alpha value is -5.67. The second-order valence-electron chi connectivity index (χ2n) is 13.0. The second-order valence-corrected chi connectivity index (χ2v) is 13.0. The highest BCUT2D eigenvalue weighted by Gasteiger charge is 2.26. The lowest BCUT2D eigenvalue weighted by molar-refractivity contribution is -0.117. The fraction of sp³-hybridized carbons (Fsp3) is 0.441. The van der Waals surface area contributed by atoms with E-state index in [1.165, 1.54) is 4.57 Å². The average molecular weight is 690 g/mol. The first kappa shape index (κ1) is 38.8. The van der Waals surface area contributed by atoms with Crippen LogP contribution in [0.3, 0.4) is 0 Å². The maximum Gasteiger partial charge on any atom is 0.349 e. The van der Waals surface area contributed by atoms with Crippen LogP contribution in [0.2, 0.25) is 0 Å². The van der Waals surface area contributed by atoms with Gasteiger partial charge in [-0.25, -0.2) is 19.7 Å². The van der Waals surface area contributed by atoms with E-state index in [-0.39, 0.29) is 35.5 Å². The largest absolute Gasteiger partial charge is 0.397 e. The molecule has 6 heterocycles. The van der Waals surface area contributed by atoms with Gasteiger partial charge in [-0.05, 0) is 81.4 Å². The Bertz CT molecular complexity index is 1900. The molecule has 2 amide bonds. The number of anilines is 3. The van der Waals surface area contributed by atoms with Gasteiger partial charge in [0.15, 0.2) is 11.3 Å². The summed E-state index contributed by atoms with van der Waals surface area (Å²) >= 11 is 0. The minimum absolute atomic E-state index is 0.0378. The van der Waals surface area contributed by atoms with E-state index in [9.17, 15) is 14.4 Å². The third kappa shape index (κ3) is 9.48. The van der Waals surface area contributed by atoms with Gasteiger partial charge in [0.25, 0.3) is 11.8 Å². The molecule has 0 saturated heterocycles. The van der Waals surface area contributed by atoms with Gasteiger partial charge in [-0.15, -0.1) is 0 Å². The van der Waals surface area contributed by atoms with Crippen LogP contribution >= 0.6 is 0 Å². The number of amides is 2. The zero-order chi connectivity index (χ0) is 37.4. The molecule has 16 heteroatoms. The van der Waals surface area contributed by atoms with Crippen molar-refractivity contribution in [2.24, 2.45) is 0 Å². The molecule has 0 aliphatic carbocycles. The molecule has 1 atom stereocenters. The number of nitrogens with one attached hydrogen (secondary N) is 3. The molecular weight excluding hydrogens is 638 g/mol. The van der Waals surface area contributed by atoms with Gasteiger partial charge in [0.05, 0.1) is 24.5 Å². The molecule has 0 saturated carbocycles. The molecular formula is C34H51N13O3. The topological polar surface area (TPSA) is 209 Å². The number of fused-ring (bicyclic) bond motifs is 2. The number of hydrogen-bond donors (Lipinski definition) is 5. The van der Waals surface area contributed by atoms with Crippen LogP contribution in [0.25, 0.3) is 11.2 Å². The molecule has 0 aromatic carbocycles.